The van der Waals surface area contributed by atoms with Crippen molar-refractivity contribution in [1.29, 1.82) is 0 Å². The second-order valence-corrected chi connectivity index (χ2v) is 4.03. The molecule has 0 saturated carbocycles. The summed E-state index contributed by atoms with van der Waals surface area (Å²) >= 11 is 0. The molecule has 6 heteroatoms. The second-order valence-electron chi connectivity index (χ2n) is 4.03. The highest BCUT2D eigenvalue weighted by Gasteiger charge is 2.05. The van der Waals surface area contributed by atoms with Crippen molar-refractivity contribution in [3.05, 3.63) is 36.4 Å². The van der Waals surface area contributed by atoms with E-state index < -0.39 is 0 Å². The van der Waals surface area contributed by atoms with Crippen molar-refractivity contribution >= 4 is 17.3 Å². The molecule has 0 radical (unpaired) electrons. The van der Waals surface area contributed by atoms with Crippen molar-refractivity contribution in [2.75, 3.05) is 11.1 Å². The van der Waals surface area contributed by atoms with Gasteiger partial charge in [-0.05, 0) is 30.7 Å². The molecule has 0 spiro atoms. The number of aryl methyl sites for hydroxylation is 2. The van der Waals surface area contributed by atoms with Crippen molar-refractivity contribution < 1.29 is 4.79 Å². The molecule has 2 rings (SSSR count). The lowest BCUT2D eigenvalue weighted by Gasteiger charge is -2.08. The molecular formula is C12H15N5O. The van der Waals surface area contributed by atoms with E-state index in [1.807, 2.05) is 13.0 Å². The highest BCUT2D eigenvalue weighted by molar-refractivity contribution is 5.91. The van der Waals surface area contributed by atoms with Crippen molar-refractivity contribution in [2.24, 2.45) is 0 Å². The lowest BCUT2D eigenvalue weighted by Crippen LogP contribution is -2.15. The average Bonchev–Trinajstić information content (AvgIpc) is 2.83. The van der Waals surface area contributed by atoms with Crippen LogP contribution in [-0.2, 0) is 11.3 Å². The van der Waals surface area contributed by atoms with E-state index in [-0.39, 0.29) is 5.91 Å². The van der Waals surface area contributed by atoms with Gasteiger partial charge in [0.05, 0.1) is 6.54 Å². The zero-order valence-corrected chi connectivity index (χ0v) is 10.1. The largest absolute Gasteiger partial charge is 0.399 e. The van der Waals surface area contributed by atoms with Crippen molar-refractivity contribution in [3.8, 4) is 0 Å². The first kappa shape index (κ1) is 12.1. The molecule has 1 aromatic heterocycles. The number of nitrogens with zero attached hydrogens (tertiary/aromatic N) is 3. The van der Waals surface area contributed by atoms with Gasteiger partial charge in [-0.2, -0.15) is 5.10 Å². The molecule has 0 saturated heterocycles. The molecule has 1 heterocycles. The van der Waals surface area contributed by atoms with E-state index in [4.69, 9.17) is 5.73 Å². The summed E-state index contributed by atoms with van der Waals surface area (Å²) < 4.78 is 1.62. The summed E-state index contributed by atoms with van der Waals surface area (Å²) in [4.78, 5) is 15.6. The van der Waals surface area contributed by atoms with Crippen LogP contribution in [0.2, 0.25) is 0 Å². The molecule has 0 atom stereocenters. The number of nitrogens with two attached hydrogens (primary N) is 1. The van der Waals surface area contributed by atoms with Crippen LogP contribution >= 0.6 is 0 Å². The predicted molar refractivity (Wildman–Crippen MR) is 68.9 cm³/mol. The Kier molecular flexibility index (Phi) is 3.57. The Morgan fingerprint density at radius 3 is 3.00 bits per heavy atom. The molecule has 0 fully saturated rings. The van der Waals surface area contributed by atoms with Gasteiger partial charge in [-0.25, -0.2) is 4.98 Å². The maximum atomic E-state index is 11.7. The Morgan fingerprint density at radius 2 is 2.33 bits per heavy atom. The SMILES string of the molecule is Cc1cc(N)ccc1NC(=O)CCn1cncn1. The molecule has 1 amide bonds. The van der Waals surface area contributed by atoms with Gasteiger partial charge in [0.15, 0.2) is 0 Å². The number of amides is 1. The molecule has 1 aromatic carbocycles. The van der Waals surface area contributed by atoms with Gasteiger partial charge in [-0.15, -0.1) is 0 Å². The van der Waals surface area contributed by atoms with Crippen molar-refractivity contribution in [1.82, 2.24) is 14.8 Å². The molecule has 0 aliphatic rings. The van der Waals surface area contributed by atoms with Crippen LogP contribution in [0.1, 0.15) is 12.0 Å². The molecule has 0 aliphatic heterocycles. The fraction of sp³-hybridized carbons (Fsp3) is 0.250. The Labute approximate surface area is 105 Å². The molecule has 18 heavy (non-hydrogen) atoms. The van der Waals surface area contributed by atoms with Gasteiger partial charge in [0, 0.05) is 17.8 Å². The van der Waals surface area contributed by atoms with Crippen LogP contribution in [0, 0.1) is 6.92 Å². The van der Waals surface area contributed by atoms with E-state index in [0.29, 0.717) is 18.7 Å². The third kappa shape index (κ3) is 3.07. The summed E-state index contributed by atoms with van der Waals surface area (Å²) in [6.07, 6.45) is 3.39. The smallest absolute Gasteiger partial charge is 0.226 e. The van der Waals surface area contributed by atoms with Crippen molar-refractivity contribution in [3.63, 3.8) is 0 Å². The Morgan fingerprint density at radius 1 is 1.50 bits per heavy atom. The van der Waals surface area contributed by atoms with Crippen LogP contribution in [-0.4, -0.2) is 20.7 Å². The number of nitrogen functional groups attached to an aromatic ring is 1. The van der Waals surface area contributed by atoms with Crippen LogP contribution in [0.25, 0.3) is 0 Å². The molecule has 3 N–H and O–H groups in total. The number of hydrogen-bond donors (Lipinski definition) is 2. The van der Waals surface area contributed by atoms with Gasteiger partial charge in [0.1, 0.15) is 12.7 Å². The van der Waals surface area contributed by atoms with Gasteiger partial charge < -0.3 is 11.1 Å². The van der Waals surface area contributed by atoms with Gasteiger partial charge in [-0.3, -0.25) is 9.48 Å². The summed E-state index contributed by atoms with van der Waals surface area (Å²) in [7, 11) is 0. The van der Waals surface area contributed by atoms with Gasteiger partial charge >= 0.3 is 0 Å². The number of carbonyl (C=O) groups excluding carboxylic acids is 1. The van der Waals surface area contributed by atoms with E-state index in [0.717, 1.165) is 11.3 Å². The minimum Gasteiger partial charge on any atom is -0.399 e. The first-order chi connectivity index (χ1) is 8.65. The third-order valence-corrected chi connectivity index (χ3v) is 2.56. The number of carbonyl (C=O) groups is 1. The van der Waals surface area contributed by atoms with Crippen LogP contribution in [0.15, 0.2) is 30.9 Å². The molecule has 94 valence electrons. The minimum atomic E-state index is -0.0571. The maximum absolute atomic E-state index is 11.7. The average molecular weight is 245 g/mol. The number of nitrogens with one attached hydrogen (secondary N) is 1. The quantitative estimate of drug-likeness (QED) is 0.792. The fourth-order valence-corrected chi connectivity index (χ4v) is 1.60. The lowest BCUT2D eigenvalue weighted by molar-refractivity contribution is -0.116. The summed E-state index contributed by atoms with van der Waals surface area (Å²) in [5.74, 6) is -0.0571. The summed E-state index contributed by atoms with van der Waals surface area (Å²) in [5, 5.41) is 6.78. The molecule has 2 aromatic rings. The summed E-state index contributed by atoms with van der Waals surface area (Å²) in [6.45, 7) is 2.42. The monoisotopic (exact) mass is 245 g/mol. The Hall–Kier alpha value is -2.37. The fourth-order valence-electron chi connectivity index (χ4n) is 1.60. The number of hydrogen-bond acceptors (Lipinski definition) is 4. The van der Waals surface area contributed by atoms with Crippen LogP contribution in [0.5, 0.6) is 0 Å². The predicted octanol–water partition coefficient (Wildman–Crippen LogP) is 1.20. The van der Waals surface area contributed by atoms with Crippen LogP contribution in [0.4, 0.5) is 11.4 Å². The molecule has 6 nitrogen and oxygen atoms in total. The van der Waals surface area contributed by atoms with Crippen LogP contribution < -0.4 is 11.1 Å². The normalized spacial score (nSPS) is 10.3. The number of aromatic nitrogens is 3. The van der Waals surface area contributed by atoms with E-state index in [1.165, 1.54) is 6.33 Å². The highest BCUT2D eigenvalue weighted by Crippen LogP contribution is 2.17. The second kappa shape index (κ2) is 5.31. The van der Waals surface area contributed by atoms with Crippen molar-refractivity contribution in [2.45, 2.75) is 19.9 Å². The number of anilines is 2. The first-order valence-corrected chi connectivity index (χ1v) is 5.63. The number of benzene rings is 1. The first-order valence-electron chi connectivity index (χ1n) is 5.63. The number of rotatable bonds is 4. The van der Waals surface area contributed by atoms with Gasteiger partial charge in [0.25, 0.3) is 0 Å². The molecule has 0 aliphatic carbocycles. The highest BCUT2D eigenvalue weighted by atomic mass is 16.1. The summed E-state index contributed by atoms with van der Waals surface area (Å²) in [5.41, 5.74) is 8.07. The molecular weight excluding hydrogens is 230 g/mol. The van der Waals surface area contributed by atoms with E-state index in [9.17, 15) is 4.79 Å². The zero-order valence-electron chi connectivity index (χ0n) is 10.1. The maximum Gasteiger partial charge on any atom is 0.226 e. The standard InChI is InChI=1S/C12H15N5O/c1-9-6-10(13)2-3-11(9)16-12(18)4-5-17-8-14-7-15-17/h2-3,6-8H,4-5,13H2,1H3,(H,16,18). The van der Waals surface area contributed by atoms with Gasteiger partial charge in [-0.1, -0.05) is 0 Å². The zero-order chi connectivity index (χ0) is 13.0. The minimum absolute atomic E-state index is 0.0571. The molecule has 0 unspecified atom stereocenters. The molecule has 0 bridgehead atoms. The Balaban J connectivity index is 1.91. The van der Waals surface area contributed by atoms with E-state index in [2.05, 4.69) is 15.4 Å². The summed E-state index contributed by atoms with van der Waals surface area (Å²) in [6, 6.07) is 5.39. The van der Waals surface area contributed by atoms with E-state index >= 15 is 0 Å². The lowest BCUT2D eigenvalue weighted by atomic mass is 10.2. The topological polar surface area (TPSA) is 85.8 Å². The van der Waals surface area contributed by atoms with Gasteiger partial charge in [0.2, 0.25) is 5.91 Å². The third-order valence-electron chi connectivity index (χ3n) is 2.56. The van der Waals surface area contributed by atoms with Crippen LogP contribution in [0.3, 0.4) is 0 Å². The van der Waals surface area contributed by atoms with E-state index in [1.54, 1.807) is 23.1 Å². The Bertz CT molecular complexity index is 535.